The zero-order valence-electron chi connectivity index (χ0n) is 14.6. The number of hydrogen-bond donors (Lipinski definition) is 0. The summed E-state index contributed by atoms with van der Waals surface area (Å²) in [5, 5.41) is 2.04. The van der Waals surface area contributed by atoms with Gasteiger partial charge in [-0.25, -0.2) is 0 Å². The summed E-state index contributed by atoms with van der Waals surface area (Å²) in [6.45, 7) is 6.48. The first-order valence-corrected chi connectivity index (χ1v) is 10.7. The van der Waals surface area contributed by atoms with Gasteiger partial charge in [0.25, 0.3) is 5.97 Å². The average molecular weight is 361 g/mol. The third kappa shape index (κ3) is 3.90. The first kappa shape index (κ1) is 18.8. The molecule has 0 aliphatic carbocycles. The quantitative estimate of drug-likeness (QED) is 0.572. The number of carbonyl (C=O) groups excluding carboxylic acids is 1. The normalized spacial score (nSPS) is 12.0. The summed E-state index contributed by atoms with van der Waals surface area (Å²) in [7, 11) is -2.76. The van der Waals surface area contributed by atoms with Crippen LogP contribution in [0.1, 0.15) is 33.6 Å². The molecule has 2 rings (SSSR count). The van der Waals surface area contributed by atoms with Crippen molar-refractivity contribution in [3.8, 4) is 0 Å². The molecule has 0 heterocycles. The largest absolute Gasteiger partial charge is 0.510 e. The van der Waals surface area contributed by atoms with Gasteiger partial charge in [-0.2, -0.15) is 0 Å². The second-order valence-corrected chi connectivity index (χ2v) is 11.5. The number of halogens is 1. The van der Waals surface area contributed by atoms with Crippen LogP contribution in [0.15, 0.2) is 60.7 Å². The van der Waals surface area contributed by atoms with Crippen molar-refractivity contribution >= 4 is 36.3 Å². The van der Waals surface area contributed by atoms with Crippen molar-refractivity contribution in [2.75, 3.05) is 5.88 Å². The summed E-state index contributed by atoms with van der Waals surface area (Å²) in [6, 6.07) is 20.4. The highest BCUT2D eigenvalue weighted by Crippen LogP contribution is 2.37. The third-order valence-corrected chi connectivity index (χ3v) is 9.40. The van der Waals surface area contributed by atoms with E-state index in [0.717, 1.165) is 10.4 Å². The van der Waals surface area contributed by atoms with E-state index in [0.29, 0.717) is 18.7 Å². The van der Waals surface area contributed by atoms with E-state index in [2.05, 4.69) is 45.0 Å². The zero-order chi connectivity index (χ0) is 17.6. The Bertz CT molecular complexity index is 611. The Labute approximate surface area is 150 Å². The molecule has 0 N–H and O–H groups in total. The Balaban J connectivity index is 2.59. The first-order valence-electron chi connectivity index (χ1n) is 8.30. The molecule has 0 spiro atoms. The van der Waals surface area contributed by atoms with E-state index in [1.54, 1.807) is 0 Å². The lowest BCUT2D eigenvalue weighted by molar-refractivity contribution is -0.135. The van der Waals surface area contributed by atoms with Crippen LogP contribution in [0.4, 0.5) is 0 Å². The summed E-state index contributed by atoms with van der Waals surface area (Å²) in [4.78, 5) is 12.6. The summed E-state index contributed by atoms with van der Waals surface area (Å²) in [5.41, 5.74) is 0. The number of benzene rings is 2. The molecule has 2 nitrogen and oxygen atoms in total. The standard InChI is InChI=1S/C20H25ClO2Si/c1-20(2,3)24(17-11-6-4-7-12-17,18-13-8-5-9-14-18)23-19(22)15-10-16-21/h4-9,11-14H,10,15-16H2,1-3H3. The lowest BCUT2D eigenvalue weighted by Gasteiger charge is -2.42. The van der Waals surface area contributed by atoms with Crippen molar-refractivity contribution in [1.82, 2.24) is 0 Å². The Morgan fingerprint density at radius 2 is 1.42 bits per heavy atom. The van der Waals surface area contributed by atoms with Gasteiger partial charge in [0.1, 0.15) is 0 Å². The van der Waals surface area contributed by atoms with E-state index in [-0.39, 0.29) is 11.0 Å². The van der Waals surface area contributed by atoms with E-state index in [1.807, 2.05) is 36.4 Å². The monoisotopic (exact) mass is 360 g/mol. The number of rotatable bonds is 6. The Hall–Kier alpha value is -1.58. The fraction of sp³-hybridized carbons (Fsp3) is 0.350. The molecule has 0 radical (unpaired) electrons. The fourth-order valence-corrected chi connectivity index (χ4v) is 7.59. The van der Waals surface area contributed by atoms with Crippen molar-refractivity contribution in [2.45, 2.75) is 38.7 Å². The van der Waals surface area contributed by atoms with E-state index < -0.39 is 8.32 Å². The highest BCUT2D eigenvalue weighted by molar-refractivity contribution is 7.00. The summed E-state index contributed by atoms with van der Waals surface area (Å²) < 4.78 is 6.32. The van der Waals surface area contributed by atoms with Gasteiger partial charge >= 0.3 is 8.32 Å². The molecule has 128 valence electrons. The lowest BCUT2D eigenvalue weighted by Crippen LogP contribution is -2.67. The lowest BCUT2D eigenvalue weighted by atomic mass is 10.2. The third-order valence-electron chi connectivity index (χ3n) is 4.20. The highest BCUT2D eigenvalue weighted by Gasteiger charge is 2.52. The molecular formula is C20H25ClO2Si. The molecule has 0 aliphatic rings. The van der Waals surface area contributed by atoms with Crippen LogP contribution in [-0.4, -0.2) is 20.2 Å². The molecule has 0 atom stereocenters. The number of hydrogen-bond acceptors (Lipinski definition) is 2. The van der Waals surface area contributed by atoms with E-state index >= 15 is 0 Å². The Kier molecular flexibility index (Phi) is 6.25. The van der Waals surface area contributed by atoms with Gasteiger partial charge in [0, 0.05) is 12.3 Å². The van der Waals surface area contributed by atoms with Crippen LogP contribution < -0.4 is 10.4 Å². The molecular weight excluding hydrogens is 336 g/mol. The Morgan fingerprint density at radius 1 is 0.958 bits per heavy atom. The predicted octanol–water partition coefficient (Wildman–Crippen LogP) is 4.11. The molecule has 0 saturated heterocycles. The van der Waals surface area contributed by atoms with Crippen molar-refractivity contribution < 1.29 is 9.22 Å². The second-order valence-electron chi connectivity index (χ2n) is 6.93. The van der Waals surface area contributed by atoms with E-state index in [9.17, 15) is 4.79 Å². The van der Waals surface area contributed by atoms with Crippen LogP contribution in [0.25, 0.3) is 0 Å². The molecule has 4 heteroatoms. The van der Waals surface area contributed by atoms with Gasteiger partial charge in [0.15, 0.2) is 0 Å². The fourth-order valence-electron chi connectivity index (χ4n) is 3.08. The molecule has 0 aliphatic heterocycles. The molecule has 0 unspecified atom stereocenters. The highest BCUT2D eigenvalue weighted by atomic mass is 35.5. The maximum atomic E-state index is 12.6. The molecule has 0 saturated carbocycles. The minimum atomic E-state index is -2.76. The number of alkyl halides is 1. The van der Waals surface area contributed by atoms with Gasteiger partial charge in [0.2, 0.25) is 0 Å². The molecule has 0 bridgehead atoms. The zero-order valence-corrected chi connectivity index (χ0v) is 16.3. The second kappa shape index (κ2) is 7.99. The number of carbonyl (C=O) groups is 1. The van der Waals surface area contributed by atoms with Crippen LogP contribution >= 0.6 is 11.6 Å². The molecule has 24 heavy (non-hydrogen) atoms. The van der Waals surface area contributed by atoms with Gasteiger partial charge in [-0.05, 0) is 21.8 Å². The van der Waals surface area contributed by atoms with Crippen molar-refractivity contribution in [2.24, 2.45) is 0 Å². The van der Waals surface area contributed by atoms with Crippen LogP contribution in [0.5, 0.6) is 0 Å². The minimum Gasteiger partial charge on any atom is -0.510 e. The van der Waals surface area contributed by atoms with E-state index in [1.165, 1.54) is 0 Å². The minimum absolute atomic E-state index is 0.162. The van der Waals surface area contributed by atoms with Crippen LogP contribution in [0.3, 0.4) is 0 Å². The molecule has 0 amide bonds. The smallest absolute Gasteiger partial charge is 0.323 e. The maximum Gasteiger partial charge on any atom is 0.323 e. The van der Waals surface area contributed by atoms with Crippen LogP contribution in [-0.2, 0) is 9.22 Å². The summed E-state index contributed by atoms with van der Waals surface area (Å²) in [6.07, 6.45) is 0.993. The average Bonchev–Trinajstić information content (AvgIpc) is 2.58. The van der Waals surface area contributed by atoms with Crippen LogP contribution in [0.2, 0.25) is 5.04 Å². The first-order chi connectivity index (χ1) is 11.4. The van der Waals surface area contributed by atoms with Gasteiger partial charge in [-0.15, -0.1) is 11.6 Å². The maximum absolute atomic E-state index is 12.6. The van der Waals surface area contributed by atoms with Crippen molar-refractivity contribution in [1.29, 1.82) is 0 Å². The molecule has 0 aromatic heterocycles. The molecule has 2 aromatic carbocycles. The van der Waals surface area contributed by atoms with Gasteiger partial charge in [-0.1, -0.05) is 81.4 Å². The summed E-state index contributed by atoms with van der Waals surface area (Å²) in [5.74, 6) is 0.306. The van der Waals surface area contributed by atoms with E-state index in [4.69, 9.17) is 16.0 Å². The van der Waals surface area contributed by atoms with Crippen molar-refractivity contribution in [3.63, 3.8) is 0 Å². The van der Waals surface area contributed by atoms with Crippen molar-refractivity contribution in [3.05, 3.63) is 60.7 Å². The topological polar surface area (TPSA) is 26.3 Å². The van der Waals surface area contributed by atoms with Crippen LogP contribution in [0, 0.1) is 0 Å². The molecule has 0 fully saturated rings. The molecule has 2 aromatic rings. The van der Waals surface area contributed by atoms with Gasteiger partial charge in [0.05, 0.1) is 0 Å². The SMILES string of the molecule is CC(C)(C)[Si](OC(=O)CCCCl)(c1ccccc1)c1ccccc1. The van der Waals surface area contributed by atoms with Gasteiger partial charge < -0.3 is 4.43 Å². The summed E-state index contributed by atoms with van der Waals surface area (Å²) >= 11 is 5.74. The van der Waals surface area contributed by atoms with Gasteiger partial charge in [-0.3, -0.25) is 4.79 Å². The predicted molar refractivity (Wildman–Crippen MR) is 104 cm³/mol. The Morgan fingerprint density at radius 3 is 1.79 bits per heavy atom.